The summed E-state index contributed by atoms with van der Waals surface area (Å²) in [6, 6.07) is 8.54. The van der Waals surface area contributed by atoms with Crippen molar-refractivity contribution < 1.29 is 14.9 Å². The van der Waals surface area contributed by atoms with Crippen molar-refractivity contribution in [1.29, 1.82) is 0 Å². The zero-order chi connectivity index (χ0) is 22.7. The molecule has 0 bridgehead atoms. The Hall–Kier alpha value is -1.76. The third-order valence-corrected chi connectivity index (χ3v) is 9.98. The van der Waals surface area contributed by atoms with Gasteiger partial charge in [-0.3, -0.25) is 0 Å². The molecular weight excluding hydrogens is 396 g/mol. The van der Waals surface area contributed by atoms with Gasteiger partial charge in [-0.25, -0.2) is 0 Å². The number of aliphatic hydroxyl groups is 2. The third-order valence-electron chi connectivity index (χ3n) is 9.98. The molecule has 0 spiro atoms. The lowest BCUT2D eigenvalue weighted by Crippen LogP contribution is -2.59. The molecular formula is C29H38O3. The molecule has 8 atom stereocenters. The van der Waals surface area contributed by atoms with E-state index in [2.05, 4.69) is 56.0 Å². The van der Waals surface area contributed by atoms with Crippen molar-refractivity contribution >= 4 is 0 Å². The normalized spacial score (nSPS) is 44.9. The molecule has 3 heteroatoms. The first-order chi connectivity index (χ1) is 15.3. The molecule has 3 fully saturated rings. The van der Waals surface area contributed by atoms with Gasteiger partial charge in [0.05, 0.1) is 24.2 Å². The summed E-state index contributed by atoms with van der Waals surface area (Å²) in [4.78, 5) is 0. The molecule has 0 aromatic heterocycles. The molecule has 0 amide bonds. The summed E-state index contributed by atoms with van der Waals surface area (Å²) in [6.45, 7) is 6.55. The van der Waals surface area contributed by atoms with Gasteiger partial charge in [0.1, 0.15) is 5.75 Å². The average Bonchev–Trinajstić information content (AvgIpc) is 3.04. The van der Waals surface area contributed by atoms with E-state index in [1.54, 1.807) is 7.11 Å². The Bertz CT molecular complexity index is 968. The molecule has 2 N–H and O–H groups in total. The molecule has 0 saturated heterocycles. The maximum atomic E-state index is 12.4. The number of hydrogen-bond donors (Lipinski definition) is 2. The number of ether oxygens (including phenoxy) is 1. The highest BCUT2D eigenvalue weighted by Gasteiger charge is 2.66. The number of allylic oxidation sites excluding steroid dienone is 1. The fraction of sp³-hybridized carbons (Fsp3) is 0.655. The van der Waals surface area contributed by atoms with E-state index in [0.29, 0.717) is 17.8 Å². The van der Waals surface area contributed by atoms with Gasteiger partial charge in [-0.05, 0) is 106 Å². The minimum Gasteiger partial charge on any atom is -0.497 e. The van der Waals surface area contributed by atoms with Crippen molar-refractivity contribution in [2.45, 2.75) is 83.3 Å². The summed E-state index contributed by atoms with van der Waals surface area (Å²) in [5.41, 5.74) is 1.74. The quantitative estimate of drug-likeness (QED) is 0.480. The van der Waals surface area contributed by atoms with Crippen molar-refractivity contribution in [3.8, 4) is 17.6 Å². The van der Waals surface area contributed by atoms with E-state index < -0.39 is 5.60 Å². The van der Waals surface area contributed by atoms with E-state index in [4.69, 9.17) is 4.74 Å². The van der Waals surface area contributed by atoms with Gasteiger partial charge in [-0.15, -0.1) is 5.92 Å². The summed E-state index contributed by atoms with van der Waals surface area (Å²) in [5.74, 6) is 9.01. The van der Waals surface area contributed by atoms with Crippen LogP contribution in [0.2, 0.25) is 0 Å². The van der Waals surface area contributed by atoms with E-state index in [-0.39, 0.29) is 22.9 Å². The van der Waals surface area contributed by atoms with Crippen molar-refractivity contribution in [1.82, 2.24) is 0 Å². The maximum absolute atomic E-state index is 12.4. The Kier molecular flexibility index (Phi) is 5.27. The number of hydrogen-bond acceptors (Lipinski definition) is 3. The lowest BCUT2D eigenvalue weighted by atomic mass is 9.44. The molecule has 0 heterocycles. The summed E-state index contributed by atoms with van der Waals surface area (Å²) in [5, 5.41) is 22.7. The first-order valence-corrected chi connectivity index (χ1v) is 12.5. The number of fused-ring (bicyclic) bond motifs is 5. The van der Waals surface area contributed by atoms with Crippen LogP contribution in [0.3, 0.4) is 0 Å². The minimum atomic E-state index is -0.756. The van der Waals surface area contributed by atoms with Gasteiger partial charge < -0.3 is 14.9 Å². The standard InChI is InChI=1S/C29H38O3/c1-5-14-27(2)15-13-25-23-11-8-20-17-21(30)12-16-28(20,3)26(23)24(18-29(25,27)31)19-6-9-22(32-4)10-7-19/h6-7,9-10,17,21,23-26,30-31H,8,11-13,15-16,18H2,1-4H3/t21-,23+,24-,25+,26-,27-,28+,29-/m1/s1. The number of aliphatic hydroxyl groups excluding tert-OH is 1. The molecule has 0 radical (unpaired) electrons. The molecule has 172 valence electrons. The Labute approximate surface area is 193 Å². The van der Waals surface area contributed by atoms with Crippen LogP contribution in [0.15, 0.2) is 35.9 Å². The van der Waals surface area contributed by atoms with Gasteiger partial charge in [0.25, 0.3) is 0 Å². The Morgan fingerprint density at radius 2 is 1.81 bits per heavy atom. The van der Waals surface area contributed by atoms with E-state index in [9.17, 15) is 10.2 Å². The average molecular weight is 435 g/mol. The highest BCUT2D eigenvalue weighted by Crippen LogP contribution is 2.69. The van der Waals surface area contributed by atoms with Crippen LogP contribution in [-0.2, 0) is 0 Å². The van der Waals surface area contributed by atoms with Crippen molar-refractivity contribution in [3.63, 3.8) is 0 Å². The Balaban J connectivity index is 1.64. The first kappa shape index (κ1) is 22.1. The zero-order valence-electron chi connectivity index (χ0n) is 20.0. The van der Waals surface area contributed by atoms with E-state index in [1.807, 2.05) is 6.92 Å². The molecule has 32 heavy (non-hydrogen) atoms. The van der Waals surface area contributed by atoms with Crippen molar-refractivity contribution in [3.05, 3.63) is 41.5 Å². The predicted octanol–water partition coefficient (Wildman–Crippen LogP) is 5.47. The summed E-state index contributed by atoms with van der Waals surface area (Å²) >= 11 is 0. The highest BCUT2D eigenvalue weighted by atomic mass is 16.5. The summed E-state index contributed by atoms with van der Waals surface area (Å²) in [6.07, 6.45) is 8.69. The Morgan fingerprint density at radius 1 is 1.06 bits per heavy atom. The second-order valence-electron chi connectivity index (χ2n) is 11.3. The van der Waals surface area contributed by atoms with Crippen LogP contribution in [0, 0.1) is 40.4 Å². The first-order valence-electron chi connectivity index (χ1n) is 12.5. The summed E-state index contributed by atoms with van der Waals surface area (Å²) in [7, 11) is 1.71. The van der Waals surface area contributed by atoms with E-state index in [0.717, 1.165) is 50.7 Å². The highest BCUT2D eigenvalue weighted by molar-refractivity contribution is 5.37. The topological polar surface area (TPSA) is 49.7 Å². The van der Waals surface area contributed by atoms with Gasteiger partial charge >= 0.3 is 0 Å². The molecule has 1 aromatic carbocycles. The monoisotopic (exact) mass is 434 g/mol. The molecule has 5 rings (SSSR count). The second-order valence-corrected chi connectivity index (χ2v) is 11.3. The largest absolute Gasteiger partial charge is 0.497 e. The smallest absolute Gasteiger partial charge is 0.118 e. The van der Waals surface area contributed by atoms with Crippen LogP contribution in [0.1, 0.15) is 77.2 Å². The molecule has 3 nitrogen and oxygen atoms in total. The fourth-order valence-corrected chi connectivity index (χ4v) is 8.37. The van der Waals surface area contributed by atoms with Gasteiger partial charge in [0.2, 0.25) is 0 Å². The van der Waals surface area contributed by atoms with Crippen LogP contribution in [0.4, 0.5) is 0 Å². The minimum absolute atomic E-state index is 0.0868. The lowest BCUT2D eigenvalue weighted by molar-refractivity contribution is -0.150. The summed E-state index contributed by atoms with van der Waals surface area (Å²) < 4.78 is 5.43. The number of rotatable bonds is 2. The zero-order valence-corrected chi connectivity index (χ0v) is 20.0. The van der Waals surface area contributed by atoms with Crippen molar-refractivity contribution in [2.24, 2.45) is 28.6 Å². The Morgan fingerprint density at radius 3 is 2.50 bits per heavy atom. The van der Waals surface area contributed by atoms with E-state index >= 15 is 0 Å². The molecule has 0 aliphatic heterocycles. The number of methoxy groups -OCH3 is 1. The van der Waals surface area contributed by atoms with Crippen molar-refractivity contribution in [2.75, 3.05) is 7.11 Å². The molecule has 4 aliphatic rings. The maximum Gasteiger partial charge on any atom is 0.118 e. The third kappa shape index (κ3) is 3.02. The van der Waals surface area contributed by atoms with Gasteiger partial charge in [-0.1, -0.05) is 36.6 Å². The molecule has 3 saturated carbocycles. The number of benzene rings is 1. The lowest BCUT2D eigenvalue weighted by Gasteiger charge is -2.61. The van der Waals surface area contributed by atoms with Crippen LogP contribution in [-0.4, -0.2) is 29.0 Å². The van der Waals surface area contributed by atoms with Crippen LogP contribution in [0.5, 0.6) is 5.75 Å². The van der Waals surface area contributed by atoms with Gasteiger partial charge in [0, 0.05) is 0 Å². The second kappa shape index (κ2) is 7.64. The molecule has 0 unspecified atom stereocenters. The van der Waals surface area contributed by atoms with Gasteiger partial charge in [-0.2, -0.15) is 0 Å². The fourth-order valence-electron chi connectivity index (χ4n) is 8.37. The SMILES string of the molecule is CC#C[C@]1(C)CC[C@H]2[C@@H]3CCC4=C[C@H](O)CC[C@]4(C)[C@H]3[C@@H](c3ccc(OC)cc3)C[C@@]21O. The van der Waals surface area contributed by atoms with Crippen LogP contribution in [0.25, 0.3) is 0 Å². The molecule has 1 aromatic rings. The van der Waals surface area contributed by atoms with Gasteiger partial charge in [0.15, 0.2) is 0 Å². The van der Waals surface area contributed by atoms with E-state index in [1.165, 1.54) is 11.1 Å². The van der Waals surface area contributed by atoms with Crippen LogP contribution < -0.4 is 4.74 Å². The molecule has 4 aliphatic carbocycles. The van der Waals surface area contributed by atoms with Crippen LogP contribution >= 0.6 is 0 Å². The predicted molar refractivity (Wildman–Crippen MR) is 127 cm³/mol.